The Bertz CT molecular complexity index is 844. The minimum Gasteiger partial charge on any atom is -0.496 e. The Morgan fingerprint density at radius 2 is 1.92 bits per heavy atom. The number of halogens is 1. The summed E-state index contributed by atoms with van der Waals surface area (Å²) in [6.07, 6.45) is 0.672. The monoisotopic (exact) mass is 370 g/mol. The van der Waals surface area contributed by atoms with Crippen molar-refractivity contribution in [2.24, 2.45) is 5.10 Å². The number of carbonyl (C=O) groups excluding carboxylic acids is 1. The summed E-state index contributed by atoms with van der Waals surface area (Å²) in [7, 11) is 1.68. The minimum absolute atomic E-state index is 0.0686. The van der Waals surface area contributed by atoms with E-state index in [1.54, 1.807) is 19.0 Å². The van der Waals surface area contributed by atoms with Gasteiger partial charge >= 0.3 is 0 Å². The van der Waals surface area contributed by atoms with E-state index < -0.39 is 0 Å². The van der Waals surface area contributed by atoms with Crippen LogP contribution in [-0.4, -0.2) is 23.7 Å². The molecule has 0 fully saturated rings. The Morgan fingerprint density at radius 1 is 1.23 bits per heavy atom. The van der Waals surface area contributed by atoms with E-state index >= 15 is 0 Å². The van der Waals surface area contributed by atoms with Crippen molar-refractivity contribution in [2.45, 2.75) is 39.2 Å². The molecule has 0 aromatic heterocycles. The van der Waals surface area contributed by atoms with Crippen LogP contribution in [0.25, 0.3) is 0 Å². The van der Waals surface area contributed by atoms with E-state index in [0.717, 1.165) is 28.2 Å². The van der Waals surface area contributed by atoms with Gasteiger partial charge in [-0.15, -0.1) is 0 Å². The van der Waals surface area contributed by atoms with Gasteiger partial charge in [0.2, 0.25) is 5.91 Å². The van der Waals surface area contributed by atoms with Crippen LogP contribution in [0.1, 0.15) is 55.8 Å². The summed E-state index contributed by atoms with van der Waals surface area (Å²) in [6.45, 7) is 5.82. The second-order valence-corrected chi connectivity index (χ2v) is 7.23. The number of ether oxygens (including phenoxy) is 1. The molecule has 0 N–H and O–H groups in total. The number of carbonyl (C=O) groups is 1. The quantitative estimate of drug-likeness (QED) is 0.745. The summed E-state index contributed by atoms with van der Waals surface area (Å²) < 4.78 is 5.48. The van der Waals surface area contributed by atoms with Gasteiger partial charge in [-0.2, -0.15) is 5.10 Å². The minimum atomic E-state index is -0.110. The number of methoxy groups -OCH3 is 1. The van der Waals surface area contributed by atoms with E-state index in [9.17, 15) is 4.79 Å². The van der Waals surface area contributed by atoms with Gasteiger partial charge < -0.3 is 4.74 Å². The number of hydrogen-bond acceptors (Lipinski definition) is 3. The van der Waals surface area contributed by atoms with Crippen LogP contribution in [-0.2, 0) is 4.79 Å². The molecule has 0 saturated heterocycles. The first kappa shape index (κ1) is 18.5. The number of hydrazone groups is 1. The normalized spacial score (nSPS) is 16.8. The van der Waals surface area contributed by atoms with Crippen molar-refractivity contribution in [3.05, 3.63) is 64.2 Å². The summed E-state index contributed by atoms with van der Waals surface area (Å²) in [5.41, 5.74) is 4.08. The molecule has 1 atom stereocenters. The van der Waals surface area contributed by atoms with E-state index in [1.807, 2.05) is 36.4 Å². The summed E-state index contributed by atoms with van der Waals surface area (Å²) in [5.74, 6) is 1.13. The van der Waals surface area contributed by atoms with E-state index in [0.29, 0.717) is 17.4 Å². The van der Waals surface area contributed by atoms with Crippen molar-refractivity contribution in [3.8, 4) is 5.75 Å². The lowest BCUT2D eigenvalue weighted by Crippen LogP contribution is -2.24. The van der Waals surface area contributed by atoms with E-state index in [2.05, 4.69) is 25.0 Å². The van der Waals surface area contributed by atoms with Crippen molar-refractivity contribution in [2.75, 3.05) is 7.11 Å². The first-order chi connectivity index (χ1) is 12.4. The molecule has 1 aliphatic rings. The molecule has 26 heavy (non-hydrogen) atoms. The lowest BCUT2D eigenvalue weighted by molar-refractivity contribution is -0.130. The standard InChI is InChI=1S/C21H23ClN2O2/c1-13(2)18-11-16(7-10-21(18)26-4)20-12-19(23-24(20)14(3)25)15-5-8-17(22)9-6-15/h5-11,13,20H,12H2,1-4H3. The fourth-order valence-corrected chi connectivity index (χ4v) is 3.41. The highest BCUT2D eigenvalue weighted by atomic mass is 35.5. The van der Waals surface area contributed by atoms with Crippen molar-refractivity contribution >= 4 is 23.2 Å². The molecule has 4 nitrogen and oxygen atoms in total. The second kappa shape index (κ2) is 7.50. The third-order valence-corrected chi connectivity index (χ3v) is 4.92. The van der Waals surface area contributed by atoms with Crippen LogP contribution in [0.3, 0.4) is 0 Å². The lowest BCUT2D eigenvalue weighted by Gasteiger charge is -2.22. The van der Waals surface area contributed by atoms with Gasteiger partial charge in [-0.3, -0.25) is 4.79 Å². The predicted octanol–water partition coefficient (Wildman–Crippen LogP) is 5.17. The fraction of sp³-hybridized carbons (Fsp3) is 0.333. The van der Waals surface area contributed by atoms with Gasteiger partial charge in [0.05, 0.1) is 18.9 Å². The Morgan fingerprint density at radius 3 is 2.50 bits per heavy atom. The van der Waals surface area contributed by atoms with Crippen LogP contribution >= 0.6 is 11.6 Å². The molecule has 5 heteroatoms. The van der Waals surface area contributed by atoms with Gasteiger partial charge in [0.1, 0.15) is 5.75 Å². The zero-order valence-corrected chi connectivity index (χ0v) is 16.2. The Kier molecular flexibility index (Phi) is 5.33. The average Bonchev–Trinajstić information content (AvgIpc) is 3.07. The van der Waals surface area contributed by atoms with Gasteiger partial charge in [0.25, 0.3) is 0 Å². The van der Waals surface area contributed by atoms with Gasteiger partial charge in [-0.05, 0) is 46.9 Å². The SMILES string of the molecule is COc1ccc(C2CC(c3ccc(Cl)cc3)=NN2C(C)=O)cc1C(C)C. The molecule has 0 saturated carbocycles. The van der Waals surface area contributed by atoms with Gasteiger partial charge in [-0.1, -0.05) is 43.6 Å². The number of nitrogens with zero attached hydrogens (tertiary/aromatic N) is 2. The first-order valence-corrected chi connectivity index (χ1v) is 9.09. The van der Waals surface area contributed by atoms with Crippen molar-refractivity contribution < 1.29 is 9.53 Å². The smallest absolute Gasteiger partial charge is 0.240 e. The Hall–Kier alpha value is -2.33. The third kappa shape index (κ3) is 3.61. The Labute approximate surface area is 159 Å². The topological polar surface area (TPSA) is 41.9 Å². The van der Waals surface area contributed by atoms with Crippen LogP contribution in [0, 0.1) is 0 Å². The van der Waals surface area contributed by atoms with Crippen LogP contribution < -0.4 is 4.74 Å². The van der Waals surface area contributed by atoms with Crippen molar-refractivity contribution in [3.63, 3.8) is 0 Å². The highest BCUT2D eigenvalue weighted by molar-refractivity contribution is 6.30. The van der Waals surface area contributed by atoms with E-state index in [1.165, 1.54) is 0 Å². The zero-order chi connectivity index (χ0) is 18.8. The maximum atomic E-state index is 12.2. The highest BCUT2D eigenvalue weighted by Crippen LogP contribution is 2.36. The molecule has 2 aromatic rings. The third-order valence-electron chi connectivity index (χ3n) is 4.67. The molecular weight excluding hydrogens is 348 g/mol. The van der Waals surface area contributed by atoms with Crippen LogP contribution in [0.5, 0.6) is 5.75 Å². The number of hydrogen-bond donors (Lipinski definition) is 0. The first-order valence-electron chi connectivity index (χ1n) is 8.71. The summed E-state index contributed by atoms with van der Waals surface area (Å²) >= 11 is 5.98. The van der Waals surface area contributed by atoms with E-state index in [4.69, 9.17) is 16.3 Å². The maximum absolute atomic E-state index is 12.2. The van der Waals surface area contributed by atoms with Crippen LogP contribution in [0.2, 0.25) is 5.02 Å². The molecule has 3 rings (SSSR count). The number of rotatable bonds is 4. The van der Waals surface area contributed by atoms with E-state index in [-0.39, 0.29) is 11.9 Å². The molecule has 1 aliphatic heterocycles. The molecule has 0 spiro atoms. The molecule has 1 heterocycles. The zero-order valence-electron chi connectivity index (χ0n) is 15.5. The molecule has 0 aliphatic carbocycles. The fourth-order valence-electron chi connectivity index (χ4n) is 3.29. The molecule has 0 radical (unpaired) electrons. The van der Waals surface area contributed by atoms with Crippen molar-refractivity contribution in [1.29, 1.82) is 0 Å². The maximum Gasteiger partial charge on any atom is 0.240 e. The molecule has 1 amide bonds. The lowest BCUT2D eigenvalue weighted by atomic mass is 9.93. The van der Waals surface area contributed by atoms with Gasteiger partial charge in [-0.25, -0.2) is 5.01 Å². The van der Waals surface area contributed by atoms with Gasteiger partial charge in [0.15, 0.2) is 0 Å². The highest BCUT2D eigenvalue weighted by Gasteiger charge is 2.32. The molecule has 0 bridgehead atoms. The molecule has 136 valence electrons. The molecule has 1 unspecified atom stereocenters. The van der Waals surface area contributed by atoms with Crippen LogP contribution in [0.4, 0.5) is 0 Å². The second-order valence-electron chi connectivity index (χ2n) is 6.79. The summed E-state index contributed by atoms with van der Waals surface area (Å²) in [5, 5.41) is 6.85. The van der Waals surface area contributed by atoms with Crippen LogP contribution in [0.15, 0.2) is 47.6 Å². The predicted molar refractivity (Wildman–Crippen MR) is 105 cm³/mol. The number of amides is 1. The molecular formula is C21H23ClN2O2. The summed E-state index contributed by atoms with van der Waals surface area (Å²) in [4.78, 5) is 12.2. The van der Waals surface area contributed by atoms with Gasteiger partial charge in [0, 0.05) is 18.4 Å². The number of benzene rings is 2. The average molecular weight is 371 g/mol. The largest absolute Gasteiger partial charge is 0.496 e. The summed E-state index contributed by atoms with van der Waals surface area (Å²) in [6, 6.07) is 13.6. The molecule has 2 aromatic carbocycles. The Balaban J connectivity index is 1.96. The van der Waals surface area contributed by atoms with Crippen molar-refractivity contribution in [1.82, 2.24) is 5.01 Å².